The Hall–Kier alpha value is -2.31. The Kier molecular flexibility index (Phi) is 30.7. The smallest absolute Gasteiger partial charge is 0.104 e. The number of hydrogen-bond acceptors (Lipinski definition) is 5. The average molecular weight is 588 g/mol. The van der Waals surface area contributed by atoms with Crippen molar-refractivity contribution in [2.75, 3.05) is 31.2 Å². The fourth-order valence-corrected chi connectivity index (χ4v) is 4.27. The van der Waals surface area contributed by atoms with Crippen LogP contribution in [0.15, 0.2) is 47.5 Å². The summed E-state index contributed by atoms with van der Waals surface area (Å²) >= 11 is 1.75. The first-order valence-corrected chi connectivity index (χ1v) is 17.1. The van der Waals surface area contributed by atoms with E-state index < -0.39 is 0 Å². The molecular weight excluding hydrogens is 522 g/mol. The van der Waals surface area contributed by atoms with Crippen molar-refractivity contribution in [3.8, 4) is 0 Å². The second-order valence-electron chi connectivity index (χ2n) is 8.77. The third kappa shape index (κ3) is 19.4. The molecule has 41 heavy (non-hydrogen) atoms. The Bertz CT molecular complexity index is 972. The zero-order valence-corrected chi connectivity index (χ0v) is 30.1. The average Bonchev–Trinajstić information content (AvgIpc) is 3.38. The SMILES string of the molecule is C=C(CN(CCC)CCC)Nc1c(SC)cc(C)nc1C.CC.CC.CC.CCCC.Cc1nc2ccccc2[nH]1. The first-order chi connectivity index (χ1) is 19.8. The molecule has 0 aliphatic carbocycles. The predicted molar refractivity (Wildman–Crippen MR) is 191 cm³/mol. The standard InChI is InChI=1S/C17H29N3S.C8H8N2.C4H10.3C2H6/c1-7-9-20(10-8-2)12-14(4)19-17-15(5)18-13(3)11-16(17)21-6;1-6-9-7-4-2-3-5-8(7)10-6;1-3-4-2;3*1-2/h11,19H,4,7-10,12H2,1-3,5-6H3;2-5H,1H3,(H,9,10);3-4H2,1-2H3;3*1-2H3. The lowest BCUT2D eigenvalue weighted by atomic mass is 10.2. The Balaban J connectivity index is -0.000000594. The Labute approximate surface area is 259 Å². The van der Waals surface area contributed by atoms with Crippen LogP contribution in [0.25, 0.3) is 11.0 Å². The monoisotopic (exact) mass is 587 g/mol. The molecule has 1 aromatic carbocycles. The van der Waals surface area contributed by atoms with E-state index in [9.17, 15) is 0 Å². The molecule has 3 rings (SSSR count). The molecule has 5 nitrogen and oxygen atoms in total. The van der Waals surface area contributed by atoms with Gasteiger partial charge in [-0.3, -0.25) is 9.88 Å². The van der Waals surface area contributed by atoms with Crippen molar-refractivity contribution in [2.24, 2.45) is 0 Å². The van der Waals surface area contributed by atoms with Crippen LogP contribution in [-0.4, -0.2) is 45.7 Å². The van der Waals surface area contributed by atoms with Crippen LogP contribution in [0.1, 0.15) is 112 Å². The molecule has 0 aliphatic rings. The summed E-state index contributed by atoms with van der Waals surface area (Å²) in [5, 5.41) is 3.48. The topological polar surface area (TPSA) is 56.8 Å². The van der Waals surface area contributed by atoms with Gasteiger partial charge in [0.2, 0.25) is 0 Å². The van der Waals surface area contributed by atoms with Crippen LogP contribution in [0.2, 0.25) is 0 Å². The van der Waals surface area contributed by atoms with Gasteiger partial charge in [-0.2, -0.15) is 0 Å². The molecule has 0 bridgehead atoms. The zero-order chi connectivity index (χ0) is 32.2. The van der Waals surface area contributed by atoms with Crippen molar-refractivity contribution in [3.63, 3.8) is 0 Å². The van der Waals surface area contributed by atoms with Gasteiger partial charge in [0.05, 0.1) is 22.4 Å². The second-order valence-corrected chi connectivity index (χ2v) is 9.62. The van der Waals surface area contributed by atoms with Crippen LogP contribution in [0.5, 0.6) is 0 Å². The summed E-state index contributed by atoms with van der Waals surface area (Å²) in [5.41, 5.74) is 6.40. The highest BCUT2D eigenvalue weighted by atomic mass is 32.2. The summed E-state index contributed by atoms with van der Waals surface area (Å²) in [6.07, 6.45) is 7.09. The fourth-order valence-electron chi connectivity index (χ4n) is 3.57. The van der Waals surface area contributed by atoms with E-state index in [4.69, 9.17) is 0 Å². The van der Waals surface area contributed by atoms with E-state index in [0.29, 0.717) is 0 Å². The molecule has 0 atom stereocenters. The van der Waals surface area contributed by atoms with Gasteiger partial charge in [-0.15, -0.1) is 11.8 Å². The number of aromatic amines is 1. The number of thioether (sulfide) groups is 1. The first-order valence-electron chi connectivity index (χ1n) is 15.9. The predicted octanol–water partition coefficient (Wildman–Crippen LogP) is 11.2. The van der Waals surface area contributed by atoms with Gasteiger partial charge in [-0.05, 0) is 71.2 Å². The van der Waals surface area contributed by atoms with E-state index in [0.717, 1.165) is 59.3 Å². The molecule has 0 saturated carbocycles. The molecule has 0 saturated heterocycles. The number of hydrogen-bond donors (Lipinski definition) is 2. The largest absolute Gasteiger partial charge is 0.356 e. The minimum Gasteiger partial charge on any atom is -0.356 e. The molecule has 2 N–H and O–H groups in total. The number of para-hydroxylation sites is 2. The summed E-state index contributed by atoms with van der Waals surface area (Å²) in [6, 6.07) is 10.1. The number of aryl methyl sites for hydroxylation is 3. The highest BCUT2D eigenvalue weighted by molar-refractivity contribution is 7.98. The van der Waals surface area contributed by atoms with E-state index in [1.807, 2.05) is 79.7 Å². The van der Waals surface area contributed by atoms with Crippen LogP contribution >= 0.6 is 11.8 Å². The minimum absolute atomic E-state index is 0.892. The molecule has 0 radical (unpaired) electrons. The Morgan fingerprint density at radius 2 is 1.39 bits per heavy atom. The summed E-state index contributed by atoms with van der Waals surface area (Å²) in [5.74, 6) is 0.973. The summed E-state index contributed by atoms with van der Waals surface area (Å²) in [7, 11) is 0. The van der Waals surface area contributed by atoms with Crippen molar-refractivity contribution in [2.45, 2.75) is 121 Å². The molecule has 236 valence electrons. The molecule has 2 heterocycles. The molecular formula is C35H65N5S. The van der Waals surface area contributed by atoms with Crippen LogP contribution < -0.4 is 5.32 Å². The number of unbranched alkanes of at least 4 members (excludes halogenated alkanes) is 1. The molecule has 0 unspecified atom stereocenters. The van der Waals surface area contributed by atoms with Crippen molar-refractivity contribution < 1.29 is 0 Å². The van der Waals surface area contributed by atoms with Gasteiger partial charge in [-0.1, -0.05) is 101 Å². The normalized spacial score (nSPS) is 9.34. The zero-order valence-electron chi connectivity index (χ0n) is 29.3. The van der Waals surface area contributed by atoms with E-state index >= 15 is 0 Å². The van der Waals surface area contributed by atoms with Gasteiger partial charge in [-0.25, -0.2) is 4.98 Å². The van der Waals surface area contributed by atoms with Crippen molar-refractivity contribution in [1.29, 1.82) is 0 Å². The number of anilines is 1. The number of H-pyrrole nitrogens is 1. The van der Waals surface area contributed by atoms with Gasteiger partial charge in [0.15, 0.2) is 0 Å². The summed E-state index contributed by atoms with van der Waals surface area (Å²) < 4.78 is 0. The maximum atomic E-state index is 4.56. The quantitative estimate of drug-likeness (QED) is 0.231. The number of pyridine rings is 1. The van der Waals surface area contributed by atoms with Crippen molar-refractivity contribution in [1.82, 2.24) is 19.9 Å². The number of nitrogens with zero attached hydrogens (tertiary/aromatic N) is 3. The summed E-state index contributed by atoms with van der Waals surface area (Å²) in [4.78, 5) is 15.6. The van der Waals surface area contributed by atoms with Gasteiger partial charge < -0.3 is 10.3 Å². The number of rotatable bonds is 10. The highest BCUT2D eigenvalue weighted by Crippen LogP contribution is 2.29. The number of imidazole rings is 1. The minimum atomic E-state index is 0.892. The third-order valence-corrected chi connectivity index (χ3v) is 6.08. The van der Waals surface area contributed by atoms with Crippen LogP contribution in [0.3, 0.4) is 0 Å². The molecule has 0 aliphatic heterocycles. The number of aromatic nitrogens is 3. The van der Waals surface area contributed by atoms with E-state index in [2.05, 4.69) is 78.7 Å². The van der Waals surface area contributed by atoms with E-state index in [1.54, 1.807) is 11.8 Å². The number of benzene rings is 1. The number of fused-ring (bicyclic) bond motifs is 1. The highest BCUT2D eigenvalue weighted by Gasteiger charge is 2.11. The van der Waals surface area contributed by atoms with Gasteiger partial charge >= 0.3 is 0 Å². The molecule has 0 amide bonds. The van der Waals surface area contributed by atoms with E-state index in [-0.39, 0.29) is 0 Å². The number of nitrogens with one attached hydrogen (secondary N) is 2. The lowest BCUT2D eigenvalue weighted by molar-refractivity contribution is 0.298. The molecule has 2 aromatic heterocycles. The van der Waals surface area contributed by atoms with Crippen LogP contribution in [-0.2, 0) is 0 Å². The van der Waals surface area contributed by atoms with Gasteiger partial charge in [0.1, 0.15) is 5.82 Å². The van der Waals surface area contributed by atoms with Gasteiger partial charge in [0.25, 0.3) is 0 Å². The lowest BCUT2D eigenvalue weighted by Gasteiger charge is -2.23. The Morgan fingerprint density at radius 3 is 1.85 bits per heavy atom. The van der Waals surface area contributed by atoms with Crippen molar-refractivity contribution >= 4 is 28.5 Å². The second kappa shape index (κ2) is 29.2. The first kappa shape index (κ1) is 43.1. The lowest BCUT2D eigenvalue weighted by Crippen LogP contribution is -2.29. The van der Waals surface area contributed by atoms with E-state index in [1.165, 1.54) is 30.6 Å². The van der Waals surface area contributed by atoms with Crippen molar-refractivity contribution in [3.05, 3.63) is 59.8 Å². The maximum absolute atomic E-state index is 4.56. The fraction of sp³-hybridized carbons (Fsp3) is 0.600. The maximum Gasteiger partial charge on any atom is 0.104 e. The Morgan fingerprint density at radius 1 is 0.854 bits per heavy atom. The molecule has 6 heteroatoms. The summed E-state index contributed by atoms with van der Waals surface area (Å²) in [6.45, 7) is 34.2. The molecule has 3 aromatic rings. The van der Waals surface area contributed by atoms with Crippen LogP contribution in [0.4, 0.5) is 5.69 Å². The third-order valence-electron chi connectivity index (χ3n) is 5.32. The molecule has 0 fully saturated rings. The van der Waals surface area contributed by atoms with Crippen LogP contribution in [0, 0.1) is 20.8 Å². The molecule has 0 spiro atoms. The van der Waals surface area contributed by atoms with Gasteiger partial charge in [0, 0.05) is 22.8 Å².